The predicted octanol–water partition coefficient (Wildman–Crippen LogP) is 1.66. The second-order valence-corrected chi connectivity index (χ2v) is 4.74. The maximum atomic E-state index is 9.53. The van der Waals surface area contributed by atoms with Gasteiger partial charge in [0.25, 0.3) is 0 Å². The van der Waals surface area contributed by atoms with Crippen molar-refractivity contribution >= 4 is 16.7 Å². The zero-order valence-corrected chi connectivity index (χ0v) is 10.5. The first-order chi connectivity index (χ1) is 8.74. The van der Waals surface area contributed by atoms with E-state index in [2.05, 4.69) is 28.2 Å². The fourth-order valence-electron chi connectivity index (χ4n) is 2.42. The molecule has 0 spiro atoms. The highest BCUT2D eigenvalue weighted by Crippen LogP contribution is 2.25. The third kappa shape index (κ3) is 1.99. The largest absolute Gasteiger partial charge is 0.508 e. The first kappa shape index (κ1) is 11.3. The van der Waals surface area contributed by atoms with Gasteiger partial charge in [-0.25, -0.2) is 4.98 Å². The van der Waals surface area contributed by atoms with Crippen molar-refractivity contribution in [3.8, 4) is 5.75 Å². The molecule has 0 radical (unpaired) electrons. The van der Waals surface area contributed by atoms with E-state index in [1.54, 1.807) is 12.1 Å². The average molecular weight is 243 g/mol. The number of phenolic OH excluding ortho intramolecular Hbond substituents is 1. The van der Waals surface area contributed by atoms with E-state index < -0.39 is 0 Å². The molecule has 1 fully saturated rings. The molecule has 18 heavy (non-hydrogen) atoms. The van der Waals surface area contributed by atoms with Crippen LogP contribution >= 0.6 is 0 Å². The van der Waals surface area contributed by atoms with Crippen LogP contribution in [0.4, 0.5) is 5.82 Å². The topological polar surface area (TPSA) is 48.4 Å². The highest BCUT2D eigenvalue weighted by molar-refractivity contribution is 5.85. The number of fused-ring (bicyclic) bond motifs is 1. The van der Waals surface area contributed by atoms with E-state index >= 15 is 0 Å². The highest BCUT2D eigenvalue weighted by atomic mass is 16.3. The predicted molar refractivity (Wildman–Crippen MR) is 73.2 cm³/mol. The van der Waals surface area contributed by atoms with Gasteiger partial charge in [0, 0.05) is 31.6 Å². The van der Waals surface area contributed by atoms with Gasteiger partial charge < -0.3 is 15.3 Å². The van der Waals surface area contributed by atoms with Gasteiger partial charge in [0.2, 0.25) is 0 Å². The van der Waals surface area contributed by atoms with Gasteiger partial charge in [-0.2, -0.15) is 0 Å². The van der Waals surface area contributed by atoms with Crippen molar-refractivity contribution in [2.75, 3.05) is 31.1 Å². The van der Waals surface area contributed by atoms with Crippen LogP contribution in [-0.2, 0) is 0 Å². The summed E-state index contributed by atoms with van der Waals surface area (Å²) in [6, 6.07) is 7.45. The molecule has 2 N–H and O–H groups in total. The number of nitrogens with zero attached hydrogens (tertiary/aromatic N) is 2. The van der Waals surface area contributed by atoms with Gasteiger partial charge in [-0.05, 0) is 36.8 Å². The number of phenols is 1. The number of benzene rings is 1. The lowest BCUT2D eigenvalue weighted by Crippen LogP contribution is -2.43. The number of anilines is 1. The maximum Gasteiger partial charge on any atom is 0.129 e. The molecule has 0 saturated carbocycles. The fourth-order valence-corrected chi connectivity index (χ4v) is 2.42. The summed E-state index contributed by atoms with van der Waals surface area (Å²) in [5.41, 5.74) is 2.10. The van der Waals surface area contributed by atoms with Crippen LogP contribution in [0.1, 0.15) is 5.56 Å². The molecule has 0 bridgehead atoms. The quantitative estimate of drug-likeness (QED) is 0.799. The Labute approximate surface area is 106 Å². The molecule has 1 aliphatic rings. The molecule has 0 amide bonds. The number of hydrogen-bond acceptors (Lipinski definition) is 4. The number of pyridine rings is 1. The van der Waals surface area contributed by atoms with Crippen LogP contribution in [0.15, 0.2) is 24.3 Å². The SMILES string of the molecule is Cc1cc(N2CCNCC2)nc2ccc(O)cc12. The fraction of sp³-hybridized carbons (Fsp3) is 0.357. The molecule has 1 aromatic carbocycles. The Kier molecular flexibility index (Phi) is 2.80. The molecule has 1 saturated heterocycles. The van der Waals surface area contributed by atoms with Gasteiger partial charge >= 0.3 is 0 Å². The number of rotatable bonds is 1. The molecule has 4 nitrogen and oxygen atoms in total. The van der Waals surface area contributed by atoms with Crippen LogP contribution in [0.3, 0.4) is 0 Å². The Morgan fingerprint density at radius 1 is 1.22 bits per heavy atom. The number of aryl methyl sites for hydroxylation is 1. The number of aromatic nitrogens is 1. The highest BCUT2D eigenvalue weighted by Gasteiger charge is 2.13. The van der Waals surface area contributed by atoms with Crippen molar-refractivity contribution in [3.63, 3.8) is 0 Å². The third-order valence-corrected chi connectivity index (χ3v) is 3.43. The summed E-state index contributed by atoms with van der Waals surface area (Å²) >= 11 is 0. The molecule has 0 aliphatic carbocycles. The average Bonchev–Trinajstić information content (AvgIpc) is 2.40. The lowest BCUT2D eigenvalue weighted by molar-refractivity contribution is 0.476. The van der Waals surface area contributed by atoms with E-state index in [0.717, 1.165) is 48.5 Å². The van der Waals surface area contributed by atoms with E-state index in [1.165, 1.54) is 0 Å². The molecule has 1 aromatic heterocycles. The van der Waals surface area contributed by atoms with Crippen LogP contribution in [0.5, 0.6) is 5.75 Å². The van der Waals surface area contributed by atoms with Gasteiger partial charge in [0.05, 0.1) is 5.52 Å². The first-order valence-corrected chi connectivity index (χ1v) is 6.30. The summed E-state index contributed by atoms with van der Waals surface area (Å²) in [7, 11) is 0. The minimum atomic E-state index is 0.294. The Hall–Kier alpha value is -1.81. The lowest BCUT2D eigenvalue weighted by Gasteiger charge is -2.28. The molecule has 0 atom stereocenters. The van der Waals surface area contributed by atoms with Gasteiger partial charge in [-0.3, -0.25) is 0 Å². The Morgan fingerprint density at radius 3 is 2.78 bits per heavy atom. The van der Waals surface area contributed by atoms with Gasteiger partial charge in [-0.1, -0.05) is 0 Å². The summed E-state index contributed by atoms with van der Waals surface area (Å²) in [5.74, 6) is 1.33. The van der Waals surface area contributed by atoms with Crippen LogP contribution in [-0.4, -0.2) is 36.3 Å². The molecule has 0 unspecified atom stereocenters. The molecule has 2 aromatic rings. The Balaban J connectivity index is 2.06. The molecule has 3 rings (SSSR count). The minimum Gasteiger partial charge on any atom is -0.508 e. The monoisotopic (exact) mass is 243 g/mol. The van der Waals surface area contributed by atoms with Crippen LogP contribution < -0.4 is 10.2 Å². The summed E-state index contributed by atoms with van der Waals surface area (Å²) in [6.45, 7) is 6.07. The van der Waals surface area contributed by atoms with Crippen LogP contribution in [0.25, 0.3) is 10.9 Å². The summed E-state index contributed by atoms with van der Waals surface area (Å²) < 4.78 is 0. The molecule has 1 aliphatic heterocycles. The van der Waals surface area contributed by atoms with Crippen molar-refractivity contribution < 1.29 is 5.11 Å². The maximum absolute atomic E-state index is 9.53. The second kappa shape index (κ2) is 4.46. The molecule has 2 heterocycles. The standard InChI is InChI=1S/C14H17N3O/c1-10-8-14(17-6-4-15-5-7-17)16-13-3-2-11(18)9-12(10)13/h2-3,8-9,15,18H,4-7H2,1H3. The Bertz CT molecular complexity index is 577. The lowest BCUT2D eigenvalue weighted by atomic mass is 10.1. The van der Waals surface area contributed by atoms with Crippen molar-refractivity contribution in [1.82, 2.24) is 10.3 Å². The molecular weight excluding hydrogens is 226 g/mol. The summed E-state index contributed by atoms with van der Waals surface area (Å²) in [6.07, 6.45) is 0. The van der Waals surface area contributed by atoms with E-state index in [4.69, 9.17) is 0 Å². The normalized spacial score (nSPS) is 16.2. The number of aromatic hydroxyl groups is 1. The number of nitrogens with one attached hydrogen (secondary N) is 1. The molecule has 94 valence electrons. The van der Waals surface area contributed by atoms with Crippen LogP contribution in [0, 0.1) is 6.92 Å². The van der Waals surface area contributed by atoms with E-state index in [-0.39, 0.29) is 0 Å². The Morgan fingerprint density at radius 2 is 2.00 bits per heavy atom. The second-order valence-electron chi connectivity index (χ2n) is 4.74. The van der Waals surface area contributed by atoms with Crippen molar-refractivity contribution in [2.45, 2.75) is 6.92 Å². The number of piperazine rings is 1. The first-order valence-electron chi connectivity index (χ1n) is 6.30. The van der Waals surface area contributed by atoms with Crippen molar-refractivity contribution in [2.24, 2.45) is 0 Å². The summed E-state index contributed by atoms with van der Waals surface area (Å²) in [4.78, 5) is 6.99. The molecular formula is C14H17N3O. The van der Waals surface area contributed by atoms with E-state index in [9.17, 15) is 5.11 Å². The minimum absolute atomic E-state index is 0.294. The third-order valence-electron chi connectivity index (χ3n) is 3.43. The van der Waals surface area contributed by atoms with Gasteiger partial charge in [0.1, 0.15) is 11.6 Å². The summed E-state index contributed by atoms with van der Waals surface area (Å²) in [5, 5.41) is 13.9. The zero-order chi connectivity index (χ0) is 12.5. The van der Waals surface area contributed by atoms with E-state index in [0.29, 0.717) is 5.75 Å². The van der Waals surface area contributed by atoms with Crippen molar-refractivity contribution in [1.29, 1.82) is 0 Å². The zero-order valence-electron chi connectivity index (χ0n) is 10.5. The van der Waals surface area contributed by atoms with Crippen molar-refractivity contribution in [3.05, 3.63) is 29.8 Å². The van der Waals surface area contributed by atoms with E-state index in [1.807, 2.05) is 6.07 Å². The smallest absolute Gasteiger partial charge is 0.129 e. The van der Waals surface area contributed by atoms with Gasteiger partial charge in [0.15, 0.2) is 0 Å². The van der Waals surface area contributed by atoms with Crippen LogP contribution in [0.2, 0.25) is 0 Å². The number of hydrogen-bond donors (Lipinski definition) is 2. The molecule has 4 heteroatoms. The van der Waals surface area contributed by atoms with Gasteiger partial charge in [-0.15, -0.1) is 0 Å².